The molecular formula is C46H26S2. The van der Waals surface area contributed by atoms with E-state index in [4.69, 9.17) is 0 Å². The molecular weight excluding hydrogens is 617 g/mol. The normalized spacial score (nSPS) is 12.2. The second-order valence-electron chi connectivity index (χ2n) is 12.8. The van der Waals surface area contributed by atoms with Crippen LogP contribution in [0.1, 0.15) is 0 Å². The van der Waals surface area contributed by atoms with Gasteiger partial charge in [0.15, 0.2) is 0 Å². The molecule has 0 amide bonds. The highest BCUT2D eigenvalue weighted by molar-refractivity contribution is 7.26. The molecule has 0 radical (unpaired) electrons. The Hall–Kier alpha value is -5.54. The van der Waals surface area contributed by atoms with Crippen molar-refractivity contribution in [2.45, 2.75) is 0 Å². The highest BCUT2D eigenvalue weighted by atomic mass is 32.1. The molecule has 11 rings (SSSR count). The second kappa shape index (κ2) is 9.98. The summed E-state index contributed by atoms with van der Waals surface area (Å²) in [5.74, 6) is 0. The van der Waals surface area contributed by atoms with E-state index in [1.807, 2.05) is 22.7 Å². The fourth-order valence-corrected chi connectivity index (χ4v) is 10.6. The van der Waals surface area contributed by atoms with Gasteiger partial charge in [0.05, 0.1) is 0 Å². The average Bonchev–Trinajstić information content (AvgIpc) is 3.72. The Kier molecular flexibility index (Phi) is 5.51. The molecule has 9 aromatic carbocycles. The number of fused-ring (bicyclic) bond motifs is 5. The van der Waals surface area contributed by atoms with E-state index in [0.29, 0.717) is 0 Å². The van der Waals surface area contributed by atoms with E-state index in [9.17, 15) is 0 Å². The lowest BCUT2D eigenvalue weighted by molar-refractivity contribution is 1.67. The van der Waals surface area contributed by atoms with Crippen molar-refractivity contribution in [3.63, 3.8) is 0 Å². The summed E-state index contributed by atoms with van der Waals surface area (Å²) in [5, 5.41) is 13.3. The number of rotatable bonds is 3. The van der Waals surface area contributed by atoms with Crippen LogP contribution in [-0.4, -0.2) is 0 Å². The minimum Gasteiger partial charge on any atom is -0.135 e. The molecule has 0 bridgehead atoms. The zero-order chi connectivity index (χ0) is 31.3. The summed E-state index contributed by atoms with van der Waals surface area (Å²) >= 11 is 3.80. The molecule has 0 atom stereocenters. The van der Waals surface area contributed by atoms with Gasteiger partial charge in [-0.2, -0.15) is 0 Å². The van der Waals surface area contributed by atoms with Gasteiger partial charge in [0.25, 0.3) is 0 Å². The summed E-state index contributed by atoms with van der Waals surface area (Å²) in [5.41, 5.74) is 7.76. The van der Waals surface area contributed by atoms with Crippen molar-refractivity contribution in [1.29, 1.82) is 0 Å². The van der Waals surface area contributed by atoms with Crippen LogP contribution in [0.4, 0.5) is 0 Å². The van der Waals surface area contributed by atoms with E-state index < -0.39 is 0 Å². The third-order valence-corrected chi connectivity index (χ3v) is 12.5. The topological polar surface area (TPSA) is 0 Å². The van der Waals surface area contributed by atoms with Crippen LogP contribution in [0, 0.1) is 0 Å². The number of hydrogen-bond donors (Lipinski definition) is 0. The summed E-state index contributed by atoms with van der Waals surface area (Å²) < 4.78 is 5.37. The van der Waals surface area contributed by atoms with E-state index in [1.165, 1.54) is 106 Å². The molecule has 222 valence electrons. The standard InChI is InChI=1S/C46H26S2/c1-2-11-27(12-3-1)30-18-9-21-39-45(30)36-24-23-29(26-41(36)48-39)42-31-14-4-6-16-33(31)44(34-17-7-5-15-32(34)42)37-25-28-13-8-20-38-43(28)46-35(37)19-10-22-40(46)47-38/h1-26H. The molecule has 0 N–H and O–H groups in total. The fraction of sp³-hybridized carbons (Fsp3) is 0. The lowest BCUT2D eigenvalue weighted by Gasteiger charge is -2.19. The summed E-state index contributed by atoms with van der Waals surface area (Å²) in [7, 11) is 0. The maximum absolute atomic E-state index is 2.44. The van der Waals surface area contributed by atoms with Gasteiger partial charge >= 0.3 is 0 Å². The van der Waals surface area contributed by atoms with E-state index in [2.05, 4.69) is 158 Å². The molecule has 0 nitrogen and oxygen atoms in total. The van der Waals surface area contributed by atoms with Gasteiger partial charge in [-0.1, -0.05) is 127 Å². The molecule has 0 saturated carbocycles. The minimum atomic E-state index is 1.26. The van der Waals surface area contributed by atoms with Crippen molar-refractivity contribution in [1.82, 2.24) is 0 Å². The second-order valence-corrected chi connectivity index (χ2v) is 14.9. The van der Waals surface area contributed by atoms with Gasteiger partial charge in [-0.3, -0.25) is 0 Å². The Morgan fingerprint density at radius 1 is 0.292 bits per heavy atom. The van der Waals surface area contributed by atoms with E-state index >= 15 is 0 Å². The first-order valence-corrected chi connectivity index (χ1v) is 18.1. The van der Waals surface area contributed by atoms with Crippen LogP contribution in [-0.2, 0) is 0 Å². The van der Waals surface area contributed by atoms with Gasteiger partial charge in [-0.15, -0.1) is 22.7 Å². The quantitative estimate of drug-likeness (QED) is 0.133. The van der Waals surface area contributed by atoms with Crippen molar-refractivity contribution < 1.29 is 0 Å². The first-order valence-electron chi connectivity index (χ1n) is 16.4. The van der Waals surface area contributed by atoms with Crippen LogP contribution < -0.4 is 0 Å². The van der Waals surface area contributed by atoms with Crippen LogP contribution in [0.2, 0.25) is 0 Å². The van der Waals surface area contributed by atoms with Crippen LogP contribution in [0.25, 0.3) is 106 Å². The summed E-state index contributed by atoms with van der Waals surface area (Å²) in [4.78, 5) is 0. The molecule has 0 unspecified atom stereocenters. The monoisotopic (exact) mass is 642 g/mol. The highest BCUT2D eigenvalue weighted by Gasteiger charge is 2.21. The Bertz CT molecular complexity index is 2990. The van der Waals surface area contributed by atoms with Crippen LogP contribution in [0.5, 0.6) is 0 Å². The highest BCUT2D eigenvalue weighted by Crippen LogP contribution is 2.50. The predicted molar refractivity (Wildman–Crippen MR) is 212 cm³/mol. The van der Waals surface area contributed by atoms with Crippen LogP contribution in [0.3, 0.4) is 0 Å². The van der Waals surface area contributed by atoms with E-state index in [1.54, 1.807) is 0 Å². The van der Waals surface area contributed by atoms with Crippen molar-refractivity contribution in [3.8, 4) is 33.4 Å². The number of benzene rings is 9. The Morgan fingerprint density at radius 3 is 1.62 bits per heavy atom. The first-order chi connectivity index (χ1) is 23.8. The molecule has 48 heavy (non-hydrogen) atoms. The van der Waals surface area contributed by atoms with Gasteiger partial charge < -0.3 is 0 Å². The van der Waals surface area contributed by atoms with E-state index in [0.717, 1.165) is 0 Å². The molecule has 0 aliphatic carbocycles. The van der Waals surface area contributed by atoms with Gasteiger partial charge in [0.2, 0.25) is 0 Å². The van der Waals surface area contributed by atoms with Gasteiger partial charge in [0, 0.05) is 40.3 Å². The molecule has 11 aromatic rings. The summed E-state index contributed by atoms with van der Waals surface area (Å²) in [6, 6.07) is 58.8. The lowest BCUT2D eigenvalue weighted by Crippen LogP contribution is -1.92. The molecule has 0 spiro atoms. The zero-order valence-corrected chi connectivity index (χ0v) is 27.5. The molecule has 2 aromatic heterocycles. The predicted octanol–water partition coefficient (Wildman–Crippen LogP) is 14.3. The third kappa shape index (κ3) is 3.65. The molecule has 2 heteroatoms. The molecule has 0 aliphatic rings. The van der Waals surface area contributed by atoms with E-state index in [-0.39, 0.29) is 0 Å². The van der Waals surface area contributed by atoms with Gasteiger partial charge in [-0.05, 0) is 96.0 Å². The van der Waals surface area contributed by atoms with Crippen molar-refractivity contribution in [2.75, 3.05) is 0 Å². The Balaban J connectivity index is 1.22. The van der Waals surface area contributed by atoms with Crippen molar-refractivity contribution >= 4 is 95.3 Å². The van der Waals surface area contributed by atoms with Crippen LogP contribution >= 0.6 is 22.7 Å². The SMILES string of the molecule is c1ccc(-c2cccc3sc4cc(-c5c6ccccc6c(-c6cc7cccc8sc9cccc6c9c78)c6ccccc56)ccc4c23)cc1. The fourth-order valence-electron chi connectivity index (χ4n) is 8.25. The van der Waals surface area contributed by atoms with Gasteiger partial charge in [-0.25, -0.2) is 0 Å². The van der Waals surface area contributed by atoms with Crippen molar-refractivity contribution in [2.24, 2.45) is 0 Å². The molecule has 0 aliphatic heterocycles. The maximum Gasteiger partial charge on any atom is 0.0361 e. The zero-order valence-electron chi connectivity index (χ0n) is 25.8. The number of hydrogen-bond acceptors (Lipinski definition) is 2. The average molecular weight is 643 g/mol. The maximum atomic E-state index is 2.44. The largest absolute Gasteiger partial charge is 0.135 e. The summed E-state index contributed by atoms with van der Waals surface area (Å²) in [6.45, 7) is 0. The Labute approximate surface area is 285 Å². The summed E-state index contributed by atoms with van der Waals surface area (Å²) in [6.07, 6.45) is 0. The third-order valence-electron chi connectivity index (χ3n) is 10.2. The minimum absolute atomic E-state index is 1.26. The smallest absolute Gasteiger partial charge is 0.0361 e. The van der Waals surface area contributed by atoms with Gasteiger partial charge in [0.1, 0.15) is 0 Å². The Morgan fingerprint density at radius 2 is 0.875 bits per heavy atom. The molecule has 2 heterocycles. The number of thiophene rings is 2. The molecule has 0 fully saturated rings. The first kappa shape index (κ1) is 26.5. The van der Waals surface area contributed by atoms with Crippen molar-refractivity contribution in [3.05, 3.63) is 158 Å². The lowest BCUT2D eigenvalue weighted by atomic mass is 9.84. The van der Waals surface area contributed by atoms with Crippen LogP contribution in [0.15, 0.2) is 158 Å². The molecule has 0 saturated heterocycles.